The first kappa shape index (κ1) is 13.6. The second-order valence-corrected chi connectivity index (χ2v) is 5.94. The molecule has 1 aromatic heterocycles. The molecule has 18 heavy (non-hydrogen) atoms. The van der Waals surface area contributed by atoms with Crippen molar-refractivity contribution in [2.24, 2.45) is 0 Å². The third-order valence-corrected chi connectivity index (χ3v) is 4.24. The SMILES string of the molecule is CC(NCC(O)c1ccccc1)c1ccc(Cl)s1. The van der Waals surface area contributed by atoms with Gasteiger partial charge in [0.1, 0.15) is 0 Å². The van der Waals surface area contributed by atoms with Crippen molar-refractivity contribution < 1.29 is 5.11 Å². The summed E-state index contributed by atoms with van der Waals surface area (Å²) in [7, 11) is 0. The summed E-state index contributed by atoms with van der Waals surface area (Å²) >= 11 is 7.47. The van der Waals surface area contributed by atoms with Crippen LogP contribution in [-0.2, 0) is 0 Å². The van der Waals surface area contributed by atoms with E-state index in [2.05, 4.69) is 12.2 Å². The maximum Gasteiger partial charge on any atom is 0.0931 e. The number of benzene rings is 1. The molecule has 2 N–H and O–H groups in total. The molecule has 0 spiro atoms. The highest BCUT2D eigenvalue weighted by molar-refractivity contribution is 7.16. The van der Waals surface area contributed by atoms with Crippen molar-refractivity contribution in [1.29, 1.82) is 0 Å². The van der Waals surface area contributed by atoms with Crippen LogP contribution in [0, 0.1) is 0 Å². The van der Waals surface area contributed by atoms with Gasteiger partial charge in [-0.3, -0.25) is 0 Å². The topological polar surface area (TPSA) is 32.3 Å². The minimum atomic E-state index is -0.482. The van der Waals surface area contributed by atoms with Gasteiger partial charge < -0.3 is 10.4 Å². The van der Waals surface area contributed by atoms with Crippen LogP contribution in [0.2, 0.25) is 4.34 Å². The van der Waals surface area contributed by atoms with Crippen molar-refractivity contribution in [2.45, 2.75) is 19.1 Å². The molecule has 0 saturated carbocycles. The second kappa shape index (κ2) is 6.34. The number of thiophene rings is 1. The van der Waals surface area contributed by atoms with Gasteiger partial charge in [0.2, 0.25) is 0 Å². The van der Waals surface area contributed by atoms with Gasteiger partial charge in [-0.05, 0) is 24.6 Å². The molecular formula is C14H16ClNOS. The van der Waals surface area contributed by atoms with E-state index in [1.165, 1.54) is 4.88 Å². The fraction of sp³-hybridized carbons (Fsp3) is 0.286. The van der Waals surface area contributed by atoms with E-state index < -0.39 is 6.10 Å². The van der Waals surface area contributed by atoms with Gasteiger partial charge in [-0.1, -0.05) is 41.9 Å². The zero-order valence-corrected chi connectivity index (χ0v) is 11.7. The van der Waals surface area contributed by atoms with E-state index in [4.69, 9.17) is 11.6 Å². The van der Waals surface area contributed by atoms with Crippen LogP contribution < -0.4 is 5.32 Å². The van der Waals surface area contributed by atoms with E-state index in [0.717, 1.165) is 9.90 Å². The molecule has 0 fully saturated rings. The molecule has 0 aliphatic rings. The van der Waals surface area contributed by atoms with Gasteiger partial charge in [0.25, 0.3) is 0 Å². The summed E-state index contributed by atoms with van der Waals surface area (Å²) in [6.45, 7) is 2.60. The lowest BCUT2D eigenvalue weighted by atomic mass is 10.1. The van der Waals surface area contributed by atoms with E-state index >= 15 is 0 Å². The number of rotatable bonds is 5. The average Bonchev–Trinajstić information content (AvgIpc) is 2.83. The van der Waals surface area contributed by atoms with Crippen LogP contribution in [0.25, 0.3) is 0 Å². The number of aliphatic hydroxyl groups excluding tert-OH is 1. The fourth-order valence-electron chi connectivity index (χ4n) is 1.74. The lowest BCUT2D eigenvalue weighted by Gasteiger charge is -2.16. The van der Waals surface area contributed by atoms with Crippen LogP contribution in [0.1, 0.15) is 29.5 Å². The molecule has 2 rings (SSSR count). The van der Waals surface area contributed by atoms with Crippen molar-refractivity contribution in [2.75, 3.05) is 6.54 Å². The zero-order valence-electron chi connectivity index (χ0n) is 10.1. The molecule has 2 atom stereocenters. The number of aliphatic hydroxyl groups is 1. The molecular weight excluding hydrogens is 266 g/mol. The van der Waals surface area contributed by atoms with Crippen molar-refractivity contribution in [1.82, 2.24) is 5.32 Å². The zero-order chi connectivity index (χ0) is 13.0. The Hall–Kier alpha value is -0.870. The highest BCUT2D eigenvalue weighted by Crippen LogP contribution is 2.26. The van der Waals surface area contributed by atoms with E-state index in [9.17, 15) is 5.11 Å². The van der Waals surface area contributed by atoms with Gasteiger partial charge in [-0.25, -0.2) is 0 Å². The normalized spacial score (nSPS) is 14.4. The number of hydrogen-bond acceptors (Lipinski definition) is 3. The molecule has 4 heteroatoms. The van der Waals surface area contributed by atoms with E-state index in [0.29, 0.717) is 6.54 Å². The second-order valence-electron chi connectivity index (χ2n) is 4.20. The number of hydrogen-bond donors (Lipinski definition) is 2. The molecule has 96 valence electrons. The number of nitrogens with one attached hydrogen (secondary N) is 1. The van der Waals surface area contributed by atoms with Crippen molar-refractivity contribution >= 4 is 22.9 Å². The summed E-state index contributed by atoms with van der Waals surface area (Å²) in [6.07, 6.45) is -0.482. The Labute approximate surface area is 116 Å². The van der Waals surface area contributed by atoms with Crippen LogP contribution >= 0.6 is 22.9 Å². The Morgan fingerprint density at radius 3 is 2.56 bits per heavy atom. The lowest BCUT2D eigenvalue weighted by Crippen LogP contribution is -2.24. The fourth-order valence-corrected chi connectivity index (χ4v) is 2.83. The highest BCUT2D eigenvalue weighted by atomic mass is 35.5. The Morgan fingerprint density at radius 1 is 1.22 bits per heavy atom. The van der Waals surface area contributed by atoms with Crippen molar-refractivity contribution in [3.8, 4) is 0 Å². The molecule has 2 unspecified atom stereocenters. The Kier molecular flexibility index (Phi) is 4.78. The van der Waals surface area contributed by atoms with Crippen molar-refractivity contribution in [3.05, 3.63) is 57.2 Å². The van der Waals surface area contributed by atoms with Gasteiger partial charge >= 0.3 is 0 Å². The predicted molar refractivity (Wildman–Crippen MR) is 77.1 cm³/mol. The molecule has 2 nitrogen and oxygen atoms in total. The van der Waals surface area contributed by atoms with E-state index in [1.807, 2.05) is 42.5 Å². The predicted octanol–water partition coefficient (Wildman–Crippen LogP) is 3.79. The van der Waals surface area contributed by atoms with Crippen molar-refractivity contribution in [3.63, 3.8) is 0 Å². The molecule has 0 saturated heterocycles. The largest absolute Gasteiger partial charge is 0.387 e. The lowest BCUT2D eigenvalue weighted by molar-refractivity contribution is 0.171. The molecule has 0 bridgehead atoms. The number of halogens is 1. The van der Waals surface area contributed by atoms with Crippen LogP contribution in [0.3, 0.4) is 0 Å². The maximum atomic E-state index is 10.0. The quantitative estimate of drug-likeness (QED) is 0.874. The summed E-state index contributed by atoms with van der Waals surface area (Å²) in [6, 6.07) is 13.8. The first-order valence-corrected chi connectivity index (χ1v) is 7.08. The summed E-state index contributed by atoms with van der Waals surface area (Å²) in [5, 5.41) is 13.3. The highest BCUT2D eigenvalue weighted by Gasteiger charge is 2.11. The monoisotopic (exact) mass is 281 g/mol. The van der Waals surface area contributed by atoms with Crippen LogP contribution in [0.15, 0.2) is 42.5 Å². The Morgan fingerprint density at radius 2 is 1.94 bits per heavy atom. The van der Waals surface area contributed by atoms with Gasteiger partial charge in [0.15, 0.2) is 0 Å². The molecule has 0 aliphatic heterocycles. The molecule has 0 amide bonds. The van der Waals surface area contributed by atoms with Crippen LogP contribution in [0.5, 0.6) is 0 Å². The van der Waals surface area contributed by atoms with Crippen LogP contribution in [0.4, 0.5) is 0 Å². The average molecular weight is 282 g/mol. The molecule has 0 radical (unpaired) electrons. The minimum Gasteiger partial charge on any atom is -0.387 e. The summed E-state index contributed by atoms with van der Waals surface area (Å²) in [4.78, 5) is 1.18. The third kappa shape index (κ3) is 3.56. The van der Waals surface area contributed by atoms with Gasteiger partial charge in [0, 0.05) is 17.5 Å². The smallest absolute Gasteiger partial charge is 0.0931 e. The summed E-state index contributed by atoms with van der Waals surface area (Å²) in [5.74, 6) is 0. The van der Waals surface area contributed by atoms with Crippen LogP contribution in [-0.4, -0.2) is 11.7 Å². The minimum absolute atomic E-state index is 0.195. The molecule has 0 aliphatic carbocycles. The first-order chi connectivity index (χ1) is 8.66. The van der Waals surface area contributed by atoms with Gasteiger partial charge in [0.05, 0.1) is 10.4 Å². The van der Waals surface area contributed by atoms with Gasteiger partial charge in [-0.2, -0.15) is 0 Å². The van der Waals surface area contributed by atoms with E-state index in [-0.39, 0.29) is 6.04 Å². The Balaban J connectivity index is 1.88. The standard InChI is InChI=1S/C14H16ClNOS/c1-10(13-7-8-14(15)18-13)16-9-12(17)11-5-3-2-4-6-11/h2-8,10,12,16-17H,9H2,1H3. The first-order valence-electron chi connectivity index (χ1n) is 5.88. The van der Waals surface area contributed by atoms with Gasteiger partial charge in [-0.15, -0.1) is 11.3 Å². The molecule has 1 aromatic carbocycles. The third-order valence-electron chi connectivity index (χ3n) is 2.82. The molecule has 1 heterocycles. The summed E-state index contributed by atoms with van der Waals surface area (Å²) < 4.78 is 0.794. The molecule has 2 aromatic rings. The Bertz CT molecular complexity index is 486. The van der Waals surface area contributed by atoms with E-state index in [1.54, 1.807) is 11.3 Å². The maximum absolute atomic E-state index is 10.0. The summed E-state index contributed by atoms with van der Waals surface area (Å²) in [5.41, 5.74) is 0.932.